The van der Waals surface area contributed by atoms with Crippen molar-refractivity contribution in [1.82, 2.24) is 14.2 Å². The quantitative estimate of drug-likeness (QED) is 0.791. The van der Waals surface area contributed by atoms with E-state index >= 15 is 0 Å². The Bertz CT molecular complexity index is 878. The molecule has 1 aromatic carbocycles. The molecule has 106 valence electrons. The predicted octanol–water partition coefficient (Wildman–Crippen LogP) is 1.55. The van der Waals surface area contributed by atoms with E-state index in [4.69, 9.17) is 5.11 Å². The molecule has 0 spiro atoms. The Morgan fingerprint density at radius 3 is 2.62 bits per heavy atom. The molecule has 0 aliphatic carbocycles. The van der Waals surface area contributed by atoms with Gasteiger partial charge in [0.25, 0.3) is 5.56 Å². The van der Waals surface area contributed by atoms with Crippen LogP contribution in [0.4, 0.5) is 0 Å². The van der Waals surface area contributed by atoms with Gasteiger partial charge in [0, 0.05) is 12.3 Å². The number of carboxylic acids is 1. The second-order valence-corrected chi connectivity index (χ2v) is 4.75. The summed E-state index contributed by atoms with van der Waals surface area (Å²) in [5.74, 6) is -1.26. The largest absolute Gasteiger partial charge is 0.477 e. The smallest absolute Gasteiger partial charge is 0.343 e. The molecule has 1 N–H and O–H groups in total. The number of benzene rings is 1. The minimum Gasteiger partial charge on any atom is -0.477 e. The van der Waals surface area contributed by atoms with Gasteiger partial charge in [-0.2, -0.15) is 4.52 Å². The van der Waals surface area contributed by atoms with Crippen LogP contribution in [0.3, 0.4) is 0 Å². The van der Waals surface area contributed by atoms with Crippen LogP contribution in [0.25, 0.3) is 5.65 Å². The summed E-state index contributed by atoms with van der Waals surface area (Å²) in [5.41, 5.74) is 0.828. The molecule has 2 aromatic heterocycles. The van der Waals surface area contributed by atoms with Crippen LogP contribution in [0.1, 0.15) is 21.6 Å². The Labute approximate surface area is 119 Å². The van der Waals surface area contributed by atoms with E-state index in [9.17, 15) is 9.59 Å². The summed E-state index contributed by atoms with van der Waals surface area (Å²) in [4.78, 5) is 27.8. The number of aromatic nitrogens is 3. The van der Waals surface area contributed by atoms with Crippen molar-refractivity contribution in [2.24, 2.45) is 0 Å². The van der Waals surface area contributed by atoms with Gasteiger partial charge in [-0.15, -0.1) is 0 Å². The summed E-state index contributed by atoms with van der Waals surface area (Å²) in [5, 5.41) is 9.16. The van der Waals surface area contributed by atoms with Crippen molar-refractivity contribution in [2.45, 2.75) is 13.5 Å². The van der Waals surface area contributed by atoms with Gasteiger partial charge in [0.15, 0.2) is 5.65 Å². The number of hydrogen-bond acceptors (Lipinski definition) is 3. The molecule has 0 aliphatic rings. The molecule has 0 amide bonds. The van der Waals surface area contributed by atoms with Crippen LogP contribution in [0.15, 0.2) is 47.4 Å². The molecule has 6 heteroatoms. The molecule has 0 saturated heterocycles. The van der Waals surface area contributed by atoms with Crippen molar-refractivity contribution in [3.05, 3.63) is 69.8 Å². The monoisotopic (exact) mass is 283 g/mol. The minimum absolute atomic E-state index is 0.227. The van der Waals surface area contributed by atoms with Crippen molar-refractivity contribution in [1.29, 1.82) is 0 Å². The van der Waals surface area contributed by atoms with Crippen LogP contribution in [0, 0.1) is 6.92 Å². The summed E-state index contributed by atoms with van der Waals surface area (Å²) >= 11 is 0. The Kier molecular flexibility index (Phi) is 3.06. The van der Waals surface area contributed by atoms with Gasteiger partial charge in [0.05, 0.1) is 12.2 Å². The van der Waals surface area contributed by atoms with E-state index in [0.29, 0.717) is 12.2 Å². The summed E-state index contributed by atoms with van der Waals surface area (Å²) in [6.45, 7) is 1.99. The fourth-order valence-corrected chi connectivity index (χ4v) is 2.36. The van der Waals surface area contributed by atoms with Crippen molar-refractivity contribution >= 4 is 11.6 Å². The Balaban J connectivity index is 2.20. The van der Waals surface area contributed by atoms with Crippen LogP contribution >= 0.6 is 0 Å². The van der Waals surface area contributed by atoms with Crippen LogP contribution < -0.4 is 5.56 Å². The molecule has 3 aromatic rings. The van der Waals surface area contributed by atoms with Crippen molar-refractivity contribution in [3.8, 4) is 0 Å². The van der Waals surface area contributed by atoms with E-state index in [1.54, 1.807) is 16.9 Å². The maximum Gasteiger partial charge on any atom is 0.343 e. The van der Waals surface area contributed by atoms with Gasteiger partial charge in [-0.1, -0.05) is 30.3 Å². The molecule has 0 aliphatic heterocycles. The van der Waals surface area contributed by atoms with Gasteiger partial charge in [-0.05, 0) is 12.5 Å². The minimum atomic E-state index is -1.26. The highest BCUT2D eigenvalue weighted by molar-refractivity contribution is 5.88. The lowest BCUT2D eigenvalue weighted by Gasteiger charge is -2.08. The van der Waals surface area contributed by atoms with Gasteiger partial charge in [-0.3, -0.25) is 9.48 Å². The predicted molar refractivity (Wildman–Crippen MR) is 76.7 cm³/mol. The maximum atomic E-state index is 12.4. The zero-order valence-electron chi connectivity index (χ0n) is 11.4. The zero-order valence-corrected chi connectivity index (χ0v) is 11.4. The second-order valence-electron chi connectivity index (χ2n) is 4.75. The van der Waals surface area contributed by atoms with Crippen molar-refractivity contribution < 1.29 is 9.90 Å². The molecule has 0 saturated carbocycles. The van der Waals surface area contributed by atoms with Gasteiger partial charge in [0.1, 0.15) is 5.56 Å². The van der Waals surface area contributed by atoms with Gasteiger partial charge in [0.2, 0.25) is 0 Å². The third kappa shape index (κ3) is 2.20. The van der Waals surface area contributed by atoms with Crippen LogP contribution in [0.5, 0.6) is 0 Å². The van der Waals surface area contributed by atoms with E-state index in [1.165, 1.54) is 11.4 Å². The van der Waals surface area contributed by atoms with Crippen molar-refractivity contribution in [2.75, 3.05) is 0 Å². The summed E-state index contributed by atoms with van der Waals surface area (Å²) in [6, 6.07) is 11.3. The average molecular weight is 283 g/mol. The first-order chi connectivity index (χ1) is 10.1. The molecule has 0 unspecified atom stereocenters. The number of aromatic carboxylic acids is 1. The molecule has 2 heterocycles. The number of aryl methyl sites for hydroxylation is 1. The van der Waals surface area contributed by atoms with E-state index < -0.39 is 11.5 Å². The maximum absolute atomic E-state index is 12.4. The topological polar surface area (TPSA) is 76.6 Å². The number of fused-ring (bicyclic) bond motifs is 1. The average Bonchev–Trinajstić information content (AvgIpc) is 2.82. The Morgan fingerprint density at radius 1 is 1.24 bits per heavy atom. The van der Waals surface area contributed by atoms with Crippen LogP contribution in [0.2, 0.25) is 0 Å². The molecule has 0 bridgehead atoms. The third-order valence-corrected chi connectivity index (χ3v) is 3.32. The first kappa shape index (κ1) is 13.1. The molecule has 0 radical (unpaired) electrons. The summed E-state index contributed by atoms with van der Waals surface area (Å²) in [6.07, 6.45) is 1.72. The molecule has 0 fully saturated rings. The Hall–Kier alpha value is -2.89. The first-order valence-corrected chi connectivity index (χ1v) is 6.44. The molecule has 3 rings (SSSR count). The second kappa shape index (κ2) is 4.90. The molecule has 6 nitrogen and oxygen atoms in total. The fourth-order valence-electron chi connectivity index (χ4n) is 2.36. The SMILES string of the molecule is Cc1nc2ccn(Cc3ccccc3)n2c(=O)c1C(=O)O. The van der Waals surface area contributed by atoms with E-state index in [-0.39, 0.29) is 11.3 Å². The molecular weight excluding hydrogens is 270 g/mol. The fraction of sp³-hybridized carbons (Fsp3) is 0.133. The van der Waals surface area contributed by atoms with Crippen molar-refractivity contribution in [3.63, 3.8) is 0 Å². The van der Waals surface area contributed by atoms with E-state index in [1.807, 2.05) is 30.3 Å². The highest BCUT2D eigenvalue weighted by Crippen LogP contribution is 2.08. The van der Waals surface area contributed by atoms with Gasteiger partial charge < -0.3 is 5.11 Å². The summed E-state index contributed by atoms with van der Waals surface area (Å²) < 4.78 is 2.95. The number of carboxylic acid groups (broad SMARTS) is 1. The Morgan fingerprint density at radius 2 is 1.95 bits per heavy atom. The normalized spacial score (nSPS) is 10.9. The van der Waals surface area contributed by atoms with Gasteiger partial charge >= 0.3 is 5.97 Å². The molecule has 21 heavy (non-hydrogen) atoms. The lowest BCUT2D eigenvalue weighted by Crippen LogP contribution is -2.28. The number of nitrogens with zero attached hydrogens (tertiary/aromatic N) is 3. The highest BCUT2D eigenvalue weighted by Gasteiger charge is 2.18. The summed E-state index contributed by atoms with van der Waals surface area (Å²) in [7, 11) is 0. The third-order valence-electron chi connectivity index (χ3n) is 3.32. The van der Waals surface area contributed by atoms with E-state index in [0.717, 1.165) is 5.56 Å². The lowest BCUT2D eigenvalue weighted by molar-refractivity contribution is 0.0693. The number of hydrogen-bond donors (Lipinski definition) is 1. The highest BCUT2D eigenvalue weighted by atomic mass is 16.4. The van der Waals surface area contributed by atoms with Crippen LogP contribution in [-0.4, -0.2) is 25.3 Å². The van der Waals surface area contributed by atoms with Crippen LogP contribution in [-0.2, 0) is 6.54 Å². The standard InChI is InChI=1S/C15H13N3O3/c1-10-13(15(20)21)14(19)18-12(16-10)7-8-17(18)9-11-5-3-2-4-6-11/h2-8H,9H2,1H3,(H,20,21). The molecule has 0 atom stereocenters. The number of rotatable bonds is 3. The van der Waals surface area contributed by atoms with E-state index in [2.05, 4.69) is 4.98 Å². The zero-order chi connectivity index (χ0) is 15.0. The van der Waals surface area contributed by atoms with Gasteiger partial charge in [-0.25, -0.2) is 9.78 Å². The first-order valence-electron chi connectivity index (χ1n) is 6.44. The lowest BCUT2D eigenvalue weighted by atomic mass is 10.2. The molecular formula is C15H13N3O3. The number of carbonyl (C=O) groups is 1.